The molecule has 0 aliphatic rings. The van der Waals surface area contributed by atoms with E-state index in [0.29, 0.717) is 10.9 Å². The van der Waals surface area contributed by atoms with Crippen LogP contribution in [0.25, 0.3) is 10.9 Å². The first kappa shape index (κ1) is 15.1. The molecule has 2 rings (SSSR count). The largest absolute Gasteiger partial charge is 0.491 e. The number of para-hydroxylation sites is 1. The number of ether oxygens (including phenoxy) is 1. The summed E-state index contributed by atoms with van der Waals surface area (Å²) in [4.78, 5) is 14.6. The summed E-state index contributed by atoms with van der Waals surface area (Å²) in [6.45, 7) is 4.07. The number of aromatic amines is 1. The van der Waals surface area contributed by atoms with Crippen molar-refractivity contribution in [3.8, 4) is 11.8 Å². The van der Waals surface area contributed by atoms with E-state index < -0.39 is 11.0 Å². The molecule has 0 aliphatic carbocycles. The molecular weight excluding hydrogens is 268 g/mol. The fourth-order valence-electron chi connectivity index (χ4n) is 1.97. The van der Waals surface area contributed by atoms with Crippen molar-refractivity contribution >= 4 is 10.9 Å². The summed E-state index contributed by atoms with van der Waals surface area (Å²) >= 11 is 0. The first-order chi connectivity index (χ1) is 10.0. The Morgan fingerprint density at radius 2 is 2.14 bits per heavy atom. The minimum atomic E-state index is -0.464. The number of fused-ring (bicyclic) bond motifs is 1. The standard InChI is InChI=1S/C16H18N2O3/c1-3-16(2,9-19)10-21-14-11-6-4-5-7-13(11)18-15(20)12(14)8-17/h4-7,19H,3,9-10H2,1-2H3,(H,18,20). The maximum atomic E-state index is 11.9. The van der Waals surface area contributed by atoms with Crippen molar-refractivity contribution in [1.29, 1.82) is 5.26 Å². The molecule has 0 saturated carbocycles. The third kappa shape index (κ3) is 2.91. The van der Waals surface area contributed by atoms with Crippen LogP contribution in [-0.4, -0.2) is 23.3 Å². The molecule has 1 unspecified atom stereocenters. The van der Waals surface area contributed by atoms with Gasteiger partial charge in [0, 0.05) is 10.8 Å². The van der Waals surface area contributed by atoms with Gasteiger partial charge in [-0.05, 0) is 18.6 Å². The van der Waals surface area contributed by atoms with Crippen LogP contribution in [-0.2, 0) is 0 Å². The van der Waals surface area contributed by atoms with Gasteiger partial charge in [0.1, 0.15) is 6.07 Å². The molecule has 1 atom stereocenters. The summed E-state index contributed by atoms with van der Waals surface area (Å²) in [7, 11) is 0. The molecule has 5 heteroatoms. The number of hydrogen-bond donors (Lipinski definition) is 2. The van der Waals surface area contributed by atoms with Crippen LogP contribution in [0.5, 0.6) is 5.75 Å². The Hall–Kier alpha value is -2.32. The van der Waals surface area contributed by atoms with E-state index >= 15 is 0 Å². The zero-order valence-corrected chi connectivity index (χ0v) is 12.1. The lowest BCUT2D eigenvalue weighted by atomic mass is 9.90. The fraction of sp³-hybridized carbons (Fsp3) is 0.375. The highest BCUT2D eigenvalue weighted by molar-refractivity contribution is 5.86. The summed E-state index contributed by atoms with van der Waals surface area (Å²) in [5, 5.41) is 19.3. The molecule has 2 N–H and O–H groups in total. The Kier molecular flexibility index (Phi) is 4.29. The topological polar surface area (TPSA) is 86.1 Å². The van der Waals surface area contributed by atoms with Gasteiger partial charge in [0.2, 0.25) is 0 Å². The maximum absolute atomic E-state index is 11.9. The minimum absolute atomic E-state index is 0.0213. The first-order valence-corrected chi connectivity index (χ1v) is 6.83. The van der Waals surface area contributed by atoms with Crippen molar-refractivity contribution in [3.63, 3.8) is 0 Å². The summed E-state index contributed by atoms with van der Waals surface area (Å²) in [6.07, 6.45) is 0.729. The number of benzene rings is 1. The second kappa shape index (κ2) is 5.98. The molecule has 0 amide bonds. The molecule has 1 aromatic heterocycles. The Balaban J connectivity index is 2.52. The molecule has 2 aromatic rings. The first-order valence-electron chi connectivity index (χ1n) is 6.83. The number of rotatable bonds is 5. The fourth-order valence-corrected chi connectivity index (χ4v) is 1.97. The van der Waals surface area contributed by atoms with Crippen LogP contribution in [0, 0.1) is 16.7 Å². The van der Waals surface area contributed by atoms with E-state index in [-0.39, 0.29) is 24.5 Å². The summed E-state index contributed by atoms with van der Waals surface area (Å²) < 4.78 is 5.77. The highest BCUT2D eigenvalue weighted by atomic mass is 16.5. The van der Waals surface area contributed by atoms with Crippen molar-refractivity contribution in [1.82, 2.24) is 4.98 Å². The predicted molar refractivity (Wildman–Crippen MR) is 80.3 cm³/mol. The Bertz CT molecular complexity index is 739. The molecule has 1 heterocycles. The van der Waals surface area contributed by atoms with Crippen LogP contribution in [0.1, 0.15) is 25.8 Å². The van der Waals surface area contributed by atoms with Gasteiger partial charge in [0.25, 0.3) is 5.56 Å². The SMILES string of the molecule is CCC(C)(CO)COc1c(C#N)c(=O)[nH]c2ccccc12. The number of nitrogens with zero attached hydrogens (tertiary/aromatic N) is 1. The molecule has 0 spiro atoms. The van der Waals surface area contributed by atoms with Gasteiger partial charge < -0.3 is 14.8 Å². The number of hydrogen-bond acceptors (Lipinski definition) is 4. The van der Waals surface area contributed by atoms with E-state index in [1.165, 1.54) is 0 Å². The number of aliphatic hydroxyl groups is 1. The second-order valence-corrected chi connectivity index (χ2v) is 5.43. The van der Waals surface area contributed by atoms with Gasteiger partial charge in [-0.25, -0.2) is 0 Å². The zero-order valence-electron chi connectivity index (χ0n) is 12.1. The third-order valence-corrected chi connectivity index (χ3v) is 3.79. The molecule has 0 saturated heterocycles. The molecule has 0 aliphatic heterocycles. The Morgan fingerprint density at radius 1 is 1.43 bits per heavy atom. The molecule has 5 nitrogen and oxygen atoms in total. The lowest BCUT2D eigenvalue weighted by molar-refractivity contribution is 0.0789. The highest BCUT2D eigenvalue weighted by Crippen LogP contribution is 2.28. The van der Waals surface area contributed by atoms with E-state index in [2.05, 4.69) is 4.98 Å². The predicted octanol–water partition coefficient (Wildman–Crippen LogP) is 2.19. The van der Waals surface area contributed by atoms with Gasteiger partial charge in [0.15, 0.2) is 11.3 Å². The van der Waals surface area contributed by atoms with Crippen LogP contribution < -0.4 is 10.3 Å². The molecule has 21 heavy (non-hydrogen) atoms. The molecule has 0 bridgehead atoms. The van der Waals surface area contributed by atoms with Gasteiger partial charge >= 0.3 is 0 Å². The second-order valence-electron chi connectivity index (χ2n) is 5.43. The maximum Gasteiger partial charge on any atom is 0.270 e. The van der Waals surface area contributed by atoms with E-state index in [1.54, 1.807) is 18.2 Å². The smallest absolute Gasteiger partial charge is 0.270 e. The van der Waals surface area contributed by atoms with Gasteiger partial charge in [-0.1, -0.05) is 26.0 Å². The van der Waals surface area contributed by atoms with Crippen LogP contribution in [0.15, 0.2) is 29.1 Å². The molecule has 0 radical (unpaired) electrons. The molecule has 110 valence electrons. The third-order valence-electron chi connectivity index (χ3n) is 3.79. The monoisotopic (exact) mass is 286 g/mol. The van der Waals surface area contributed by atoms with Gasteiger partial charge in [-0.15, -0.1) is 0 Å². The van der Waals surface area contributed by atoms with Crippen molar-refractivity contribution in [2.45, 2.75) is 20.3 Å². The zero-order chi connectivity index (χ0) is 15.5. The summed E-state index contributed by atoms with van der Waals surface area (Å²) in [6, 6.07) is 9.07. The molecular formula is C16H18N2O3. The Labute approximate surface area is 122 Å². The van der Waals surface area contributed by atoms with Crippen molar-refractivity contribution in [2.24, 2.45) is 5.41 Å². The normalized spacial score (nSPS) is 13.6. The Morgan fingerprint density at radius 3 is 2.76 bits per heavy atom. The van der Waals surface area contributed by atoms with Crippen LogP contribution in [0.4, 0.5) is 0 Å². The summed E-state index contributed by atoms with van der Waals surface area (Å²) in [5.74, 6) is 0.282. The molecule has 0 fully saturated rings. The van der Waals surface area contributed by atoms with E-state index in [0.717, 1.165) is 6.42 Å². The average molecular weight is 286 g/mol. The van der Waals surface area contributed by atoms with E-state index in [4.69, 9.17) is 4.74 Å². The van der Waals surface area contributed by atoms with E-state index in [9.17, 15) is 15.2 Å². The summed E-state index contributed by atoms with van der Waals surface area (Å²) in [5.41, 5.74) is -0.284. The lowest BCUT2D eigenvalue weighted by Crippen LogP contribution is -2.29. The minimum Gasteiger partial charge on any atom is -0.491 e. The molecule has 1 aromatic carbocycles. The van der Waals surface area contributed by atoms with Crippen LogP contribution in [0.3, 0.4) is 0 Å². The van der Waals surface area contributed by atoms with Crippen molar-refractivity contribution in [2.75, 3.05) is 13.2 Å². The van der Waals surface area contributed by atoms with Crippen LogP contribution in [0.2, 0.25) is 0 Å². The van der Waals surface area contributed by atoms with Gasteiger partial charge in [0.05, 0.1) is 18.7 Å². The number of nitrogens with one attached hydrogen (secondary N) is 1. The number of pyridine rings is 1. The number of nitriles is 1. The van der Waals surface area contributed by atoms with Crippen molar-refractivity contribution in [3.05, 3.63) is 40.2 Å². The lowest BCUT2D eigenvalue weighted by Gasteiger charge is -2.26. The van der Waals surface area contributed by atoms with E-state index in [1.807, 2.05) is 26.0 Å². The number of aliphatic hydroxyl groups excluding tert-OH is 1. The van der Waals surface area contributed by atoms with Gasteiger partial charge in [-0.3, -0.25) is 4.79 Å². The quantitative estimate of drug-likeness (QED) is 0.882. The average Bonchev–Trinajstić information content (AvgIpc) is 2.51. The van der Waals surface area contributed by atoms with Crippen molar-refractivity contribution < 1.29 is 9.84 Å². The van der Waals surface area contributed by atoms with Gasteiger partial charge in [-0.2, -0.15) is 5.26 Å². The van der Waals surface area contributed by atoms with Crippen LogP contribution >= 0.6 is 0 Å². The highest BCUT2D eigenvalue weighted by Gasteiger charge is 2.24. The number of H-pyrrole nitrogens is 1. The number of aromatic nitrogens is 1.